The summed E-state index contributed by atoms with van der Waals surface area (Å²) in [5, 5.41) is 2.92. The molecule has 0 bridgehead atoms. The molecular formula is C18H14ClFN4O2. The second-order valence-electron chi connectivity index (χ2n) is 5.24. The topological polar surface area (TPSA) is 90.1 Å². The molecule has 6 nitrogen and oxygen atoms in total. The minimum Gasteiger partial charge on any atom is -0.471 e. The molecule has 0 saturated heterocycles. The number of benzene rings is 2. The molecule has 1 aromatic heterocycles. The highest BCUT2D eigenvalue weighted by Crippen LogP contribution is 2.34. The minimum absolute atomic E-state index is 0.0357. The van der Waals surface area contributed by atoms with Gasteiger partial charge in [-0.2, -0.15) is 0 Å². The normalized spacial score (nSPS) is 10.4. The largest absolute Gasteiger partial charge is 0.471 e. The van der Waals surface area contributed by atoms with Gasteiger partial charge in [-0.05, 0) is 18.2 Å². The van der Waals surface area contributed by atoms with Gasteiger partial charge in [0.15, 0.2) is 0 Å². The summed E-state index contributed by atoms with van der Waals surface area (Å²) in [6, 6.07) is 10.6. The highest BCUT2D eigenvalue weighted by Gasteiger charge is 2.19. The predicted octanol–water partition coefficient (Wildman–Crippen LogP) is 4.01. The summed E-state index contributed by atoms with van der Waals surface area (Å²) < 4.78 is 20.2. The molecule has 8 heteroatoms. The summed E-state index contributed by atoms with van der Waals surface area (Å²) >= 11 is 6.12. The van der Waals surface area contributed by atoms with E-state index in [1.54, 1.807) is 12.1 Å². The minimum atomic E-state index is -0.820. The van der Waals surface area contributed by atoms with Crippen LogP contribution in [0.1, 0.15) is 5.56 Å². The van der Waals surface area contributed by atoms with E-state index >= 15 is 0 Å². The molecular weight excluding hydrogens is 359 g/mol. The van der Waals surface area contributed by atoms with Crippen LogP contribution in [-0.4, -0.2) is 16.0 Å². The molecule has 132 valence electrons. The SMILES string of the molecule is NC(=O)Nc1cccc(F)c1-c1nccnc1OCc1ccccc1Cl. The first kappa shape index (κ1) is 17.6. The molecule has 0 fully saturated rings. The van der Waals surface area contributed by atoms with Gasteiger partial charge in [-0.15, -0.1) is 0 Å². The van der Waals surface area contributed by atoms with Crippen LogP contribution in [0, 0.1) is 5.82 Å². The van der Waals surface area contributed by atoms with Gasteiger partial charge < -0.3 is 15.8 Å². The summed E-state index contributed by atoms with van der Waals surface area (Å²) in [5.74, 6) is -0.496. The van der Waals surface area contributed by atoms with Crippen LogP contribution < -0.4 is 15.8 Å². The van der Waals surface area contributed by atoms with Gasteiger partial charge in [-0.1, -0.05) is 35.9 Å². The molecule has 1 heterocycles. The molecule has 2 aromatic carbocycles. The lowest BCUT2D eigenvalue weighted by atomic mass is 10.1. The van der Waals surface area contributed by atoms with Gasteiger partial charge in [0.05, 0.1) is 11.3 Å². The first-order valence-corrected chi connectivity index (χ1v) is 7.96. The number of primary amides is 1. The van der Waals surface area contributed by atoms with E-state index in [2.05, 4.69) is 15.3 Å². The first-order valence-electron chi connectivity index (χ1n) is 7.59. The maximum absolute atomic E-state index is 14.5. The third-order valence-electron chi connectivity index (χ3n) is 3.50. The Balaban J connectivity index is 1.98. The Hall–Kier alpha value is -3.19. The van der Waals surface area contributed by atoms with Crippen LogP contribution in [0.15, 0.2) is 54.9 Å². The number of rotatable bonds is 5. The quantitative estimate of drug-likeness (QED) is 0.708. The van der Waals surface area contributed by atoms with Crippen molar-refractivity contribution in [2.45, 2.75) is 6.61 Å². The molecule has 3 rings (SSSR count). The summed E-state index contributed by atoms with van der Waals surface area (Å²) in [4.78, 5) is 19.5. The highest BCUT2D eigenvalue weighted by molar-refractivity contribution is 6.31. The molecule has 3 aromatic rings. The van der Waals surface area contributed by atoms with Crippen LogP contribution in [0.4, 0.5) is 14.9 Å². The lowest BCUT2D eigenvalue weighted by Crippen LogP contribution is -2.20. The number of carbonyl (C=O) groups excluding carboxylic acids is 1. The zero-order valence-electron chi connectivity index (χ0n) is 13.4. The van der Waals surface area contributed by atoms with Gasteiger partial charge in [0, 0.05) is 23.0 Å². The van der Waals surface area contributed by atoms with Crippen molar-refractivity contribution in [3.63, 3.8) is 0 Å². The van der Waals surface area contributed by atoms with Crippen molar-refractivity contribution in [2.24, 2.45) is 5.73 Å². The van der Waals surface area contributed by atoms with Crippen LogP contribution in [0.5, 0.6) is 5.88 Å². The number of urea groups is 1. The molecule has 26 heavy (non-hydrogen) atoms. The Morgan fingerprint density at radius 3 is 2.69 bits per heavy atom. The predicted molar refractivity (Wildman–Crippen MR) is 96.4 cm³/mol. The van der Waals surface area contributed by atoms with E-state index in [1.807, 2.05) is 12.1 Å². The van der Waals surface area contributed by atoms with Crippen molar-refractivity contribution in [1.29, 1.82) is 0 Å². The van der Waals surface area contributed by atoms with Gasteiger partial charge >= 0.3 is 6.03 Å². The Labute approximate surface area is 153 Å². The van der Waals surface area contributed by atoms with E-state index in [9.17, 15) is 9.18 Å². The number of nitrogens with one attached hydrogen (secondary N) is 1. The van der Waals surface area contributed by atoms with Crippen LogP contribution >= 0.6 is 11.6 Å². The van der Waals surface area contributed by atoms with Crippen molar-refractivity contribution in [3.8, 4) is 17.1 Å². The smallest absolute Gasteiger partial charge is 0.316 e. The molecule has 0 unspecified atom stereocenters. The van der Waals surface area contributed by atoms with Crippen LogP contribution in [0.2, 0.25) is 5.02 Å². The van der Waals surface area contributed by atoms with Crippen molar-refractivity contribution in [1.82, 2.24) is 9.97 Å². The van der Waals surface area contributed by atoms with Crippen molar-refractivity contribution >= 4 is 23.3 Å². The third-order valence-corrected chi connectivity index (χ3v) is 3.86. The van der Waals surface area contributed by atoms with E-state index in [0.717, 1.165) is 5.56 Å². The van der Waals surface area contributed by atoms with Gasteiger partial charge in [0.25, 0.3) is 0 Å². The van der Waals surface area contributed by atoms with Gasteiger partial charge in [-0.3, -0.25) is 0 Å². The van der Waals surface area contributed by atoms with E-state index in [0.29, 0.717) is 5.02 Å². The number of nitrogens with zero attached hydrogens (tertiary/aromatic N) is 2. The maximum atomic E-state index is 14.5. The Morgan fingerprint density at radius 1 is 1.15 bits per heavy atom. The lowest BCUT2D eigenvalue weighted by Gasteiger charge is -2.14. The number of halogens is 2. The van der Waals surface area contributed by atoms with Crippen molar-refractivity contribution in [2.75, 3.05) is 5.32 Å². The van der Waals surface area contributed by atoms with Gasteiger partial charge in [-0.25, -0.2) is 19.2 Å². The lowest BCUT2D eigenvalue weighted by molar-refractivity contribution is 0.259. The third kappa shape index (κ3) is 3.89. The molecule has 0 saturated carbocycles. The molecule has 0 radical (unpaired) electrons. The van der Waals surface area contributed by atoms with Gasteiger partial charge in [0.1, 0.15) is 18.1 Å². The molecule has 0 aliphatic carbocycles. The number of ether oxygens (including phenoxy) is 1. The Morgan fingerprint density at radius 2 is 1.92 bits per heavy atom. The highest BCUT2D eigenvalue weighted by atomic mass is 35.5. The standard InChI is InChI=1S/C18H14ClFN4O2/c19-12-5-2-1-4-11(12)10-26-17-16(22-8-9-23-17)15-13(20)6-3-7-14(15)24-18(21)25/h1-9H,10H2,(H3,21,24,25). The number of anilines is 1. The summed E-state index contributed by atoms with van der Waals surface area (Å²) in [6.45, 7) is 0.123. The number of aromatic nitrogens is 2. The summed E-state index contributed by atoms with van der Waals surface area (Å²) in [5.41, 5.74) is 6.24. The number of hydrogen-bond donors (Lipinski definition) is 2. The fourth-order valence-corrected chi connectivity index (χ4v) is 2.56. The second-order valence-corrected chi connectivity index (χ2v) is 5.65. The fraction of sp³-hybridized carbons (Fsp3) is 0.0556. The van der Waals surface area contributed by atoms with E-state index in [1.165, 1.54) is 30.6 Å². The maximum Gasteiger partial charge on any atom is 0.316 e. The van der Waals surface area contributed by atoms with Crippen molar-refractivity contribution < 1.29 is 13.9 Å². The number of nitrogens with two attached hydrogens (primary N) is 1. The average molecular weight is 373 g/mol. The van der Waals surface area contributed by atoms with Crippen LogP contribution in [0.3, 0.4) is 0 Å². The van der Waals surface area contributed by atoms with E-state index < -0.39 is 11.8 Å². The molecule has 0 spiro atoms. The fourth-order valence-electron chi connectivity index (χ4n) is 2.37. The van der Waals surface area contributed by atoms with Crippen LogP contribution in [-0.2, 0) is 6.61 Å². The van der Waals surface area contributed by atoms with E-state index in [4.69, 9.17) is 22.1 Å². The second kappa shape index (κ2) is 7.79. The number of hydrogen-bond acceptors (Lipinski definition) is 4. The summed E-state index contributed by atoms with van der Waals surface area (Å²) in [6.07, 6.45) is 2.83. The van der Waals surface area contributed by atoms with Crippen LogP contribution in [0.25, 0.3) is 11.3 Å². The molecule has 3 N–H and O–H groups in total. The number of amides is 2. The number of carbonyl (C=O) groups is 1. The molecule has 0 aliphatic rings. The Kier molecular flexibility index (Phi) is 5.28. The van der Waals surface area contributed by atoms with E-state index in [-0.39, 0.29) is 29.4 Å². The molecule has 0 aliphatic heterocycles. The first-order chi connectivity index (χ1) is 12.6. The average Bonchev–Trinajstić information content (AvgIpc) is 2.61. The monoisotopic (exact) mass is 372 g/mol. The zero-order chi connectivity index (χ0) is 18.5. The molecule has 2 amide bonds. The summed E-state index contributed by atoms with van der Waals surface area (Å²) in [7, 11) is 0. The van der Waals surface area contributed by atoms with Gasteiger partial charge in [0.2, 0.25) is 5.88 Å². The van der Waals surface area contributed by atoms with Crippen molar-refractivity contribution in [3.05, 3.63) is 71.3 Å². The zero-order valence-corrected chi connectivity index (χ0v) is 14.2. The Bertz CT molecular complexity index is 952. The molecule has 0 atom stereocenters.